The van der Waals surface area contributed by atoms with Crippen molar-refractivity contribution in [3.8, 4) is 28.7 Å². The van der Waals surface area contributed by atoms with Crippen molar-refractivity contribution < 1.29 is 14.0 Å². The minimum atomic E-state index is -0.501. The second kappa shape index (κ2) is 8.51. The normalized spacial score (nSPS) is 14.2. The summed E-state index contributed by atoms with van der Waals surface area (Å²) in [7, 11) is 0. The van der Waals surface area contributed by atoms with E-state index in [9.17, 15) is 0 Å². The van der Waals surface area contributed by atoms with E-state index in [0.29, 0.717) is 10.6 Å². The van der Waals surface area contributed by atoms with Crippen LogP contribution in [0, 0.1) is 0 Å². The van der Waals surface area contributed by atoms with Crippen LogP contribution in [0.25, 0.3) is 72.5 Å². The first-order valence-corrected chi connectivity index (χ1v) is 12.5. The summed E-state index contributed by atoms with van der Waals surface area (Å²) in [6.07, 6.45) is 0. The Morgan fingerprint density at radius 2 is 1.38 bits per heavy atom. The van der Waals surface area contributed by atoms with E-state index in [1.165, 1.54) is 0 Å². The van der Waals surface area contributed by atoms with Gasteiger partial charge in [-0.2, -0.15) is 9.97 Å². The van der Waals surface area contributed by atoms with Crippen LogP contribution in [-0.2, 0) is 0 Å². The Bertz CT molecular complexity index is 2550. The number of fused-ring (bicyclic) bond motifs is 6. The van der Waals surface area contributed by atoms with Gasteiger partial charge in [0.05, 0.1) is 20.6 Å². The summed E-state index contributed by atoms with van der Waals surface area (Å²) in [5.41, 5.74) is 1.82. The number of hydrogen-bond donors (Lipinski definition) is 0. The number of rotatable bonds is 3. The lowest BCUT2D eigenvalue weighted by molar-refractivity contribution is 0.669. The molecule has 8 rings (SSSR count). The number of benzene rings is 5. The number of para-hydroxylation sites is 3. The molecule has 39 heavy (non-hydrogen) atoms. The van der Waals surface area contributed by atoms with Gasteiger partial charge in [-0.3, -0.25) is 4.57 Å². The highest BCUT2D eigenvalue weighted by molar-refractivity contribution is 6.30. The molecule has 0 spiro atoms. The molecule has 3 aromatic heterocycles. The van der Waals surface area contributed by atoms with E-state index in [1.54, 1.807) is 24.3 Å². The lowest BCUT2D eigenvalue weighted by Crippen LogP contribution is -2.06. The van der Waals surface area contributed by atoms with Gasteiger partial charge in [-0.15, -0.1) is 0 Å². The van der Waals surface area contributed by atoms with Gasteiger partial charge in [-0.1, -0.05) is 90.3 Å². The van der Waals surface area contributed by atoms with Gasteiger partial charge in [-0.25, -0.2) is 4.98 Å². The fraction of sp³-hybridized carbons (Fsp3) is 0. The van der Waals surface area contributed by atoms with Gasteiger partial charge in [0.2, 0.25) is 5.95 Å². The topological polar surface area (TPSA) is 56.7 Å². The van der Waals surface area contributed by atoms with Gasteiger partial charge in [0, 0.05) is 37.7 Å². The van der Waals surface area contributed by atoms with Crippen molar-refractivity contribution in [3.63, 3.8) is 0 Å². The van der Waals surface area contributed by atoms with Crippen molar-refractivity contribution in [2.24, 2.45) is 0 Å². The van der Waals surface area contributed by atoms with Crippen LogP contribution in [0.4, 0.5) is 0 Å². The van der Waals surface area contributed by atoms with Gasteiger partial charge >= 0.3 is 0 Å². The van der Waals surface area contributed by atoms with E-state index < -0.39 is 42.3 Å². The molecule has 0 saturated carbocycles. The Balaban J connectivity index is 1.56. The quantitative estimate of drug-likeness (QED) is 0.229. The Kier molecular flexibility index (Phi) is 3.51. The van der Waals surface area contributed by atoms with Crippen molar-refractivity contribution in [3.05, 3.63) is 120 Å². The largest absolute Gasteiger partial charge is 0.456 e. The molecule has 0 atom stereocenters. The second-order valence-corrected chi connectivity index (χ2v) is 9.36. The smallest absolute Gasteiger partial charge is 0.238 e. The molecule has 184 valence electrons. The average Bonchev–Trinajstić information content (AvgIpc) is 3.62. The highest BCUT2D eigenvalue weighted by Gasteiger charge is 2.20. The third kappa shape index (κ3) is 3.44. The van der Waals surface area contributed by atoms with Crippen molar-refractivity contribution in [2.45, 2.75) is 0 Å². The molecule has 6 heteroatoms. The van der Waals surface area contributed by atoms with Gasteiger partial charge in [0.1, 0.15) is 11.2 Å². The highest BCUT2D eigenvalue weighted by atomic mass is 35.5. The van der Waals surface area contributed by atoms with Gasteiger partial charge in [0.15, 0.2) is 11.6 Å². The van der Waals surface area contributed by atoms with E-state index in [-0.39, 0.29) is 45.1 Å². The van der Waals surface area contributed by atoms with Crippen LogP contribution in [0.3, 0.4) is 0 Å². The number of furan rings is 1. The van der Waals surface area contributed by atoms with Crippen LogP contribution in [0.15, 0.2) is 120 Å². The maximum Gasteiger partial charge on any atom is 0.238 e. The molecule has 0 N–H and O–H groups in total. The molecule has 0 bridgehead atoms. The number of aromatic nitrogens is 4. The van der Waals surface area contributed by atoms with Gasteiger partial charge < -0.3 is 4.42 Å². The zero-order valence-corrected chi connectivity index (χ0v) is 20.8. The SMILES string of the molecule is [2H]c1c([2H])c([2H])c2c(oc3c([2H])c([2H])c([2H])c(-c4nc(-c5cccc(Cl)c5)nc(-n5c6ccccc6c6ccccc65)n4)c32)c1[2H]. The summed E-state index contributed by atoms with van der Waals surface area (Å²) >= 11 is 6.36. The maximum atomic E-state index is 9.04. The van der Waals surface area contributed by atoms with Crippen molar-refractivity contribution in [2.75, 3.05) is 0 Å². The molecule has 5 nitrogen and oxygen atoms in total. The van der Waals surface area contributed by atoms with Crippen LogP contribution < -0.4 is 0 Å². The predicted molar refractivity (Wildman–Crippen MR) is 157 cm³/mol. The average molecular weight is 530 g/mol. The van der Waals surface area contributed by atoms with E-state index >= 15 is 0 Å². The standard InChI is InChI=1S/C33H19ClN4O/c34-21-10-7-9-20(19-21)31-35-32(25-14-8-18-29-30(25)24-13-3-6-17-28(24)39-29)37-33(36-31)38-26-15-4-1-11-22(26)23-12-2-5-16-27(23)38/h1-19H/i3D,6D,8D,13D,14D,17D,18D. The Labute approximate surface area is 237 Å². The first-order valence-electron chi connectivity index (χ1n) is 15.6. The lowest BCUT2D eigenvalue weighted by atomic mass is 10.1. The zero-order valence-electron chi connectivity index (χ0n) is 27.0. The minimum Gasteiger partial charge on any atom is -0.456 e. The monoisotopic (exact) mass is 529 g/mol. The van der Waals surface area contributed by atoms with Gasteiger partial charge in [-0.05, 0) is 36.4 Å². The molecule has 8 aromatic rings. The van der Waals surface area contributed by atoms with Crippen molar-refractivity contribution in [1.29, 1.82) is 0 Å². The molecule has 0 aliphatic rings. The van der Waals surface area contributed by atoms with Crippen molar-refractivity contribution in [1.82, 2.24) is 19.5 Å². The molecule has 0 aliphatic heterocycles. The molecular weight excluding hydrogens is 504 g/mol. The van der Waals surface area contributed by atoms with Crippen LogP contribution >= 0.6 is 11.6 Å². The minimum absolute atomic E-state index is 0.0209. The number of nitrogens with zero attached hydrogens (tertiary/aromatic N) is 4. The summed E-state index contributed by atoms with van der Waals surface area (Å²) in [5.74, 6) is 0.384. The number of hydrogen-bond acceptors (Lipinski definition) is 4. The first-order chi connectivity index (χ1) is 22.2. The summed E-state index contributed by atoms with van der Waals surface area (Å²) in [4.78, 5) is 14.5. The van der Waals surface area contributed by atoms with Crippen LogP contribution in [0.5, 0.6) is 0 Å². The van der Waals surface area contributed by atoms with Crippen LogP contribution in [-0.4, -0.2) is 19.5 Å². The maximum absolute atomic E-state index is 9.04. The second-order valence-electron chi connectivity index (χ2n) is 8.92. The molecule has 3 heterocycles. The molecule has 5 aromatic carbocycles. The van der Waals surface area contributed by atoms with Gasteiger partial charge in [0.25, 0.3) is 0 Å². The van der Waals surface area contributed by atoms with Crippen LogP contribution in [0.1, 0.15) is 9.60 Å². The molecule has 0 aliphatic carbocycles. The van der Waals surface area contributed by atoms with Crippen LogP contribution in [0.2, 0.25) is 5.02 Å². The molecule has 0 radical (unpaired) electrons. The molecule has 0 saturated heterocycles. The fourth-order valence-electron chi connectivity index (χ4n) is 5.00. The zero-order chi connectivity index (χ0) is 32.0. The van der Waals surface area contributed by atoms with E-state index in [4.69, 9.17) is 40.6 Å². The summed E-state index contributed by atoms with van der Waals surface area (Å²) in [6.45, 7) is 0. The number of halogens is 1. The Hall–Kier alpha value is -5.00. The van der Waals surface area contributed by atoms with Crippen molar-refractivity contribution >= 4 is 55.3 Å². The third-order valence-corrected chi connectivity index (χ3v) is 6.89. The molecule has 0 fully saturated rings. The lowest BCUT2D eigenvalue weighted by Gasteiger charge is -2.11. The molecule has 0 amide bonds. The fourth-order valence-corrected chi connectivity index (χ4v) is 5.19. The summed E-state index contributed by atoms with van der Waals surface area (Å²) in [5, 5.41) is 2.41. The van der Waals surface area contributed by atoms with E-state index in [1.807, 2.05) is 53.1 Å². The predicted octanol–water partition coefficient (Wildman–Crippen LogP) is 8.86. The summed E-state index contributed by atoms with van der Waals surface area (Å²) in [6, 6.07) is 19.4. The Morgan fingerprint density at radius 3 is 2.18 bits per heavy atom. The van der Waals surface area contributed by atoms with E-state index in [0.717, 1.165) is 21.8 Å². The highest BCUT2D eigenvalue weighted by Crippen LogP contribution is 2.37. The molecular formula is C33H19ClN4O. The first kappa shape index (κ1) is 16.1. The van der Waals surface area contributed by atoms with E-state index in [2.05, 4.69) is 0 Å². The molecule has 0 unspecified atom stereocenters. The Morgan fingerprint density at radius 1 is 0.667 bits per heavy atom. The third-order valence-electron chi connectivity index (χ3n) is 6.66. The summed E-state index contributed by atoms with van der Waals surface area (Å²) < 4.78 is 67.7.